The SMILES string of the molecule is C=CC(=O)N1CCC(n2cc(-c3cc4cc(C)cc(OC)c4s3)c3c(N)ncnc32)C1.C=CC(=O)N1CCC(n2cc(-c3cc4cc(C)cc(OC)c4s3)c3c(N)ncnc32)C1. The summed E-state index contributed by atoms with van der Waals surface area (Å²) in [5, 5.41) is 3.96. The third-order valence-electron chi connectivity index (χ3n) is 11.8. The van der Waals surface area contributed by atoms with Crippen LogP contribution in [0.2, 0.25) is 0 Å². The number of thiophene rings is 2. The van der Waals surface area contributed by atoms with Gasteiger partial charge in [-0.25, -0.2) is 19.9 Å². The number of nitrogens with zero attached hydrogens (tertiary/aromatic N) is 8. The van der Waals surface area contributed by atoms with Crippen LogP contribution in [0.25, 0.3) is 63.1 Å². The fraction of sp³-hybridized carbons (Fsp3) is 0.261. The van der Waals surface area contributed by atoms with Crippen LogP contribution in [0, 0.1) is 13.8 Å². The second kappa shape index (κ2) is 16.2. The van der Waals surface area contributed by atoms with Gasteiger partial charge in [0.25, 0.3) is 0 Å². The lowest BCUT2D eigenvalue weighted by Crippen LogP contribution is -2.27. The number of aromatic nitrogens is 6. The molecular weight excluding hydrogens is 821 g/mol. The molecule has 4 N–H and O–H groups in total. The van der Waals surface area contributed by atoms with Crippen LogP contribution in [-0.2, 0) is 9.59 Å². The molecule has 2 saturated heterocycles. The summed E-state index contributed by atoms with van der Waals surface area (Å²) in [6.07, 6.45) is 11.6. The number of benzene rings is 2. The minimum absolute atomic E-state index is 0.0414. The van der Waals surface area contributed by atoms with E-state index in [0.29, 0.717) is 37.8 Å². The van der Waals surface area contributed by atoms with Gasteiger partial charge in [-0.15, -0.1) is 22.7 Å². The molecule has 8 heterocycles. The summed E-state index contributed by atoms with van der Waals surface area (Å²) in [5.41, 5.74) is 18.5. The molecule has 0 radical (unpaired) electrons. The molecule has 0 spiro atoms. The number of hydrogen-bond donors (Lipinski definition) is 2. The summed E-state index contributed by atoms with van der Waals surface area (Å²) in [6.45, 7) is 14.0. The number of aryl methyl sites for hydroxylation is 2. The van der Waals surface area contributed by atoms with Gasteiger partial charge in [0.2, 0.25) is 11.8 Å². The maximum absolute atomic E-state index is 12.1. The van der Waals surface area contributed by atoms with Crippen molar-refractivity contribution in [2.45, 2.75) is 38.8 Å². The highest BCUT2D eigenvalue weighted by Gasteiger charge is 2.31. The molecule has 316 valence electrons. The Morgan fingerprint density at radius 1 is 0.677 bits per heavy atom. The molecule has 8 aromatic rings. The number of ether oxygens (including phenoxy) is 2. The quantitative estimate of drug-likeness (QED) is 0.141. The lowest BCUT2D eigenvalue weighted by atomic mass is 10.1. The van der Waals surface area contributed by atoms with E-state index >= 15 is 0 Å². The molecule has 16 heteroatoms. The zero-order valence-corrected chi connectivity index (χ0v) is 36.6. The maximum Gasteiger partial charge on any atom is 0.246 e. The minimum Gasteiger partial charge on any atom is -0.495 e. The summed E-state index contributed by atoms with van der Waals surface area (Å²) in [5.74, 6) is 2.57. The van der Waals surface area contributed by atoms with Crippen molar-refractivity contribution in [3.63, 3.8) is 0 Å². The summed E-state index contributed by atoms with van der Waals surface area (Å²) >= 11 is 3.34. The van der Waals surface area contributed by atoms with E-state index in [-0.39, 0.29) is 23.9 Å². The first-order chi connectivity index (χ1) is 30.0. The smallest absolute Gasteiger partial charge is 0.246 e. The van der Waals surface area contributed by atoms with E-state index in [1.54, 1.807) is 36.9 Å². The van der Waals surface area contributed by atoms with Crippen molar-refractivity contribution in [2.75, 3.05) is 51.9 Å². The molecule has 0 saturated carbocycles. The Hall–Kier alpha value is -6.78. The minimum atomic E-state index is -0.0414. The van der Waals surface area contributed by atoms with Gasteiger partial charge in [0.05, 0.1) is 46.5 Å². The van der Waals surface area contributed by atoms with Crippen molar-refractivity contribution in [1.29, 1.82) is 0 Å². The third-order valence-corrected chi connectivity index (χ3v) is 14.2. The number of carbonyl (C=O) groups excluding carboxylic acids is 2. The number of nitrogens with two attached hydrogens (primary N) is 2. The van der Waals surface area contributed by atoms with E-state index < -0.39 is 0 Å². The van der Waals surface area contributed by atoms with Crippen LogP contribution in [0.5, 0.6) is 11.5 Å². The molecule has 0 aliphatic carbocycles. The van der Waals surface area contributed by atoms with Crippen LogP contribution in [0.4, 0.5) is 11.6 Å². The van der Waals surface area contributed by atoms with Gasteiger partial charge in [0.15, 0.2) is 0 Å². The lowest BCUT2D eigenvalue weighted by molar-refractivity contribution is -0.125. The Kier molecular flexibility index (Phi) is 10.6. The summed E-state index contributed by atoms with van der Waals surface area (Å²) in [6, 6.07) is 13.0. The fourth-order valence-electron chi connectivity index (χ4n) is 8.84. The van der Waals surface area contributed by atoms with E-state index in [2.05, 4.69) is 92.7 Å². The molecule has 2 fully saturated rings. The molecule has 10 rings (SSSR count). The highest BCUT2D eigenvalue weighted by Crippen LogP contribution is 2.45. The van der Waals surface area contributed by atoms with Crippen molar-refractivity contribution >= 4 is 88.4 Å². The monoisotopic (exact) mass is 866 g/mol. The number of fused-ring (bicyclic) bond motifs is 4. The van der Waals surface area contributed by atoms with Gasteiger partial charge < -0.3 is 39.9 Å². The van der Waals surface area contributed by atoms with Gasteiger partial charge in [-0.1, -0.05) is 25.3 Å². The molecule has 0 bridgehead atoms. The van der Waals surface area contributed by atoms with Crippen molar-refractivity contribution < 1.29 is 19.1 Å². The fourth-order valence-corrected chi connectivity index (χ4v) is 11.1. The van der Waals surface area contributed by atoms with Crippen LogP contribution >= 0.6 is 22.7 Å². The van der Waals surface area contributed by atoms with E-state index in [0.717, 1.165) is 98.6 Å². The standard InChI is InChI=1S/2C23H23N5O2S/c2*1-4-19(29)27-6-5-15(10-27)28-11-16(20-22(24)25-12-26-23(20)28)18-9-14-7-13(2)8-17(30-3)21(14)31-18/h2*4,7-9,11-12,15H,1,5-6,10H2,2-3H3,(H2,24,25,26). The van der Waals surface area contributed by atoms with Gasteiger partial charge in [-0.2, -0.15) is 0 Å². The number of nitrogen functional groups attached to an aromatic ring is 2. The second-order valence-electron chi connectivity index (χ2n) is 15.7. The highest BCUT2D eigenvalue weighted by atomic mass is 32.1. The number of amides is 2. The van der Waals surface area contributed by atoms with Crippen LogP contribution in [-0.4, -0.2) is 91.1 Å². The molecule has 6 aromatic heterocycles. The van der Waals surface area contributed by atoms with Crippen LogP contribution in [0.3, 0.4) is 0 Å². The number of likely N-dealkylation sites (tertiary alicyclic amines) is 2. The number of anilines is 2. The first-order valence-corrected chi connectivity index (χ1v) is 21.8. The van der Waals surface area contributed by atoms with Gasteiger partial charge in [0, 0.05) is 59.5 Å². The normalized spacial score (nSPS) is 16.3. The lowest BCUT2D eigenvalue weighted by Gasteiger charge is -2.15. The average Bonchev–Trinajstić information content (AvgIpc) is 4.13. The maximum atomic E-state index is 12.1. The molecule has 14 nitrogen and oxygen atoms in total. The average molecular weight is 867 g/mol. The third kappa shape index (κ3) is 7.08. The number of rotatable bonds is 8. The van der Waals surface area contributed by atoms with E-state index in [1.807, 2.05) is 21.9 Å². The number of methoxy groups -OCH3 is 2. The zero-order chi connectivity index (χ0) is 43.4. The number of hydrogen-bond acceptors (Lipinski definition) is 12. The molecule has 2 amide bonds. The zero-order valence-electron chi connectivity index (χ0n) is 34.9. The Balaban J connectivity index is 0.000000158. The molecular formula is C46H46N10O4S2. The van der Waals surface area contributed by atoms with E-state index in [9.17, 15) is 9.59 Å². The van der Waals surface area contributed by atoms with E-state index in [4.69, 9.17) is 20.9 Å². The van der Waals surface area contributed by atoms with Gasteiger partial charge in [-0.3, -0.25) is 9.59 Å². The van der Waals surface area contributed by atoms with Crippen LogP contribution < -0.4 is 20.9 Å². The van der Waals surface area contributed by atoms with Crippen LogP contribution in [0.1, 0.15) is 36.1 Å². The predicted molar refractivity (Wildman–Crippen MR) is 249 cm³/mol. The van der Waals surface area contributed by atoms with E-state index in [1.165, 1.54) is 24.8 Å². The Morgan fingerprint density at radius 2 is 1.10 bits per heavy atom. The first kappa shape index (κ1) is 40.6. The topological polar surface area (TPSA) is 173 Å². The largest absolute Gasteiger partial charge is 0.495 e. The van der Waals surface area contributed by atoms with Crippen LogP contribution in [0.15, 0.2) is 86.8 Å². The predicted octanol–water partition coefficient (Wildman–Crippen LogP) is 8.34. The molecule has 2 aliphatic rings. The molecule has 62 heavy (non-hydrogen) atoms. The summed E-state index contributed by atoms with van der Waals surface area (Å²) < 4.78 is 17.7. The summed E-state index contributed by atoms with van der Waals surface area (Å²) in [4.78, 5) is 47.5. The number of carbonyl (C=O) groups is 2. The highest BCUT2D eigenvalue weighted by molar-refractivity contribution is 7.23. The van der Waals surface area contributed by atoms with Crippen molar-refractivity contribution in [1.82, 2.24) is 38.9 Å². The Morgan fingerprint density at radius 3 is 1.48 bits per heavy atom. The van der Waals surface area contributed by atoms with Crippen molar-refractivity contribution in [3.05, 3.63) is 97.9 Å². The Labute approximate surface area is 365 Å². The molecule has 2 aliphatic heterocycles. The van der Waals surface area contributed by atoms with Gasteiger partial charge >= 0.3 is 0 Å². The van der Waals surface area contributed by atoms with Gasteiger partial charge in [-0.05, 0) is 85.0 Å². The Bertz CT molecular complexity index is 2880. The van der Waals surface area contributed by atoms with Crippen molar-refractivity contribution in [3.8, 4) is 32.4 Å². The molecule has 2 atom stereocenters. The second-order valence-corrected chi connectivity index (χ2v) is 17.8. The molecule has 2 aromatic carbocycles. The first-order valence-electron chi connectivity index (χ1n) is 20.2. The van der Waals surface area contributed by atoms with Crippen molar-refractivity contribution in [2.24, 2.45) is 0 Å². The van der Waals surface area contributed by atoms with Gasteiger partial charge in [0.1, 0.15) is 47.1 Å². The molecule has 2 unspecified atom stereocenters. The summed E-state index contributed by atoms with van der Waals surface area (Å²) in [7, 11) is 3.39.